The van der Waals surface area contributed by atoms with Crippen LogP contribution in [0.15, 0.2) is 36.9 Å². The fourth-order valence-corrected chi connectivity index (χ4v) is 4.06. The van der Waals surface area contributed by atoms with Gasteiger partial charge in [0.2, 0.25) is 0 Å². The van der Waals surface area contributed by atoms with E-state index in [0.29, 0.717) is 0 Å². The van der Waals surface area contributed by atoms with Crippen LogP contribution in [-0.2, 0) is 0 Å². The van der Waals surface area contributed by atoms with E-state index in [-0.39, 0.29) is 0 Å². The summed E-state index contributed by atoms with van der Waals surface area (Å²) >= 11 is 1.64. The van der Waals surface area contributed by atoms with Crippen molar-refractivity contribution < 1.29 is 0 Å². The molecule has 20 heavy (non-hydrogen) atoms. The van der Waals surface area contributed by atoms with Gasteiger partial charge in [-0.25, -0.2) is 0 Å². The van der Waals surface area contributed by atoms with Crippen molar-refractivity contribution in [2.45, 2.75) is 6.92 Å². The second-order valence-electron chi connectivity index (χ2n) is 4.91. The molecule has 0 aliphatic heterocycles. The maximum absolute atomic E-state index is 6.00. The Bertz CT molecular complexity index is 987. The van der Waals surface area contributed by atoms with Gasteiger partial charge in [0.15, 0.2) is 0 Å². The molecule has 0 N–H and O–H groups in total. The van der Waals surface area contributed by atoms with E-state index in [1.807, 2.05) is 13.0 Å². The molecule has 94 valence electrons. The van der Waals surface area contributed by atoms with E-state index < -0.39 is 0 Å². The number of allylic oxidation sites excluding steroid dienone is 1. The van der Waals surface area contributed by atoms with Crippen LogP contribution in [0.1, 0.15) is 18.2 Å². The van der Waals surface area contributed by atoms with E-state index in [1.165, 1.54) is 37.8 Å². The SMILES string of the molecule is [B]c1cc2c3cccc4c(C=C)c(/C=C\C)n(c2s1)c43. The zero-order chi connectivity index (χ0) is 13.9. The lowest BCUT2D eigenvalue weighted by Gasteiger charge is -1.96. The summed E-state index contributed by atoms with van der Waals surface area (Å²) in [5, 5.41) is 3.77. The van der Waals surface area contributed by atoms with Gasteiger partial charge in [-0.3, -0.25) is 4.40 Å². The number of benzene rings is 1. The molecule has 0 atom stereocenters. The van der Waals surface area contributed by atoms with E-state index in [9.17, 15) is 0 Å². The fraction of sp³-hybridized carbons (Fsp3) is 0.0588. The summed E-state index contributed by atoms with van der Waals surface area (Å²) in [5.74, 6) is 0. The Morgan fingerprint density at radius 1 is 1.25 bits per heavy atom. The average molecular weight is 273 g/mol. The van der Waals surface area contributed by atoms with Gasteiger partial charge in [0.05, 0.1) is 11.2 Å². The molecule has 0 aliphatic rings. The standard InChI is InChI=1S/C17H12BNS/c1-3-6-14-10(4-2)11-7-5-8-12-13-9-15(18)20-17(13)19(14)16(11)12/h3-9H,2H2,1H3/b6-3-. The quantitative estimate of drug-likeness (QED) is 0.482. The van der Waals surface area contributed by atoms with E-state index in [0.717, 1.165) is 4.78 Å². The van der Waals surface area contributed by atoms with E-state index in [2.05, 4.69) is 47.4 Å². The number of aromatic nitrogens is 1. The summed E-state index contributed by atoms with van der Waals surface area (Å²) in [7, 11) is 6.00. The van der Waals surface area contributed by atoms with Crippen molar-refractivity contribution in [1.82, 2.24) is 4.40 Å². The second-order valence-corrected chi connectivity index (χ2v) is 5.97. The first kappa shape index (κ1) is 11.8. The summed E-state index contributed by atoms with van der Waals surface area (Å²) in [5.41, 5.74) is 3.65. The van der Waals surface area contributed by atoms with Crippen LogP contribution in [0.3, 0.4) is 0 Å². The molecule has 4 rings (SSSR count). The van der Waals surface area contributed by atoms with Gasteiger partial charge < -0.3 is 0 Å². The molecule has 0 fully saturated rings. The molecule has 1 nitrogen and oxygen atoms in total. The molecule has 0 saturated carbocycles. The summed E-state index contributed by atoms with van der Waals surface area (Å²) < 4.78 is 3.18. The van der Waals surface area contributed by atoms with Gasteiger partial charge in [-0.15, -0.1) is 11.3 Å². The van der Waals surface area contributed by atoms with Crippen LogP contribution in [0.4, 0.5) is 0 Å². The molecule has 4 aromatic rings. The summed E-state index contributed by atoms with van der Waals surface area (Å²) in [6.07, 6.45) is 6.16. The van der Waals surface area contributed by atoms with E-state index in [1.54, 1.807) is 11.3 Å². The predicted octanol–water partition coefficient (Wildman–Crippen LogP) is 4.21. The highest BCUT2D eigenvalue weighted by atomic mass is 32.1. The molecular weight excluding hydrogens is 261 g/mol. The molecular formula is C17H12BNS. The summed E-state index contributed by atoms with van der Waals surface area (Å²) in [4.78, 5) is 1.22. The third-order valence-corrected chi connectivity index (χ3v) is 4.77. The molecule has 3 aromatic heterocycles. The third-order valence-electron chi connectivity index (χ3n) is 3.82. The van der Waals surface area contributed by atoms with E-state index in [4.69, 9.17) is 7.85 Å². The zero-order valence-corrected chi connectivity index (χ0v) is 12.0. The highest BCUT2D eigenvalue weighted by Gasteiger charge is 2.19. The lowest BCUT2D eigenvalue weighted by atomic mass is 10.1. The summed E-state index contributed by atoms with van der Waals surface area (Å²) in [6, 6.07) is 8.52. The normalized spacial score (nSPS) is 12.4. The molecule has 0 amide bonds. The van der Waals surface area contributed by atoms with Crippen molar-refractivity contribution in [3.8, 4) is 0 Å². The highest BCUT2D eigenvalue weighted by Crippen LogP contribution is 2.39. The Hall–Kier alpha value is -2.00. The molecule has 0 unspecified atom stereocenters. The Balaban J connectivity index is 2.40. The zero-order valence-electron chi connectivity index (χ0n) is 11.2. The summed E-state index contributed by atoms with van der Waals surface area (Å²) in [6.45, 7) is 6.02. The number of hydrogen-bond acceptors (Lipinski definition) is 1. The number of para-hydroxylation sites is 1. The van der Waals surface area contributed by atoms with Crippen molar-refractivity contribution in [3.63, 3.8) is 0 Å². The molecule has 0 bridgehead atoms. The average Bonchev–Trinajstić information content (AvgIpc) is 3.04. The number of nitrogens with zero attached hydrogens (tertiary/aromatic N) is 1. The van der Waals surface area contributed by atoms with Gasteiger partial charge in [0, 0.05) is 21.7 Å². The Kier molecular flexibility index (Phi) is 2.36. The first-order chi connectivity index (χ1) is 9.76. The van der Waals surface area contributed by atoms with E-state index >= 15 is 0 Å². The number of rotatable bonds is 2. The Labute approximate surface area is 122 Å². The largest absolute Gasteiger partial charge is 0.300 e. The van der Waals surface area contributed by atoms with Crippen LogP contribution >= 0.6 is 11.3 Å². The van der Waals surface area contributed by atoms with Gasteiger partial charge in [-0.2, -0.15) is 0 Å². The Morgan fingerprint density at radius 2 is 2.05 bits per heavy atom. The number of hydrogen-bond donors (Lipinski definition) is 0. The molecule has 2 radical (unpaired) electrons. The van der Waals surface area contributed by atoms with Crippen LogP contribution in [0.25, 0.3) is 38.7 Å². The van der Waals surface area contributed by atoms with Crippen LogP contribution in [-0.4, -0.2) is 12.2 Å². The van der Waals surface area contributed by atoms with Crippen LogP contribution in [0.2, 0.25) is 0 Å². The molecule has 1 aromatic carbocycles. The predicted molar refractivity (Wildman–Crippen MR) is 91.7 cm³/mol. The van der Waals surface area contributed by atoms with Gasteiger partial charge in [-0.05, 0) is 23.8 Å². The minimum absolute atomic E-state index is 0.859. The molecule has 0 spiro atoms. The third kappa shape index (κ3) is 1.28. The van der Waals surface area contributed by atoms with Crippen molar-refractivity contribution in [1.29, 1.82) is 0 Å². The smallest absolute Gasteiger partial charge is 0.128 e. The van der Waals surface area contributed by atoms with Crippen molar-refractivity contribution in [2.75, 3.05) is 0 Å². The number of fused-ring (bicyclic) bond motifs is 3. The minimum Gasteiger partial charge on any atom is -0.300 e. The number of thiophene rings is 1. The molecule has 0 aliphatic carbocycles. The van der Waals surface area contributed by atoms with Gasteiger partial charge in [0.25, 0.3) is 0 Å². The molecule has 3 heterocycles. The Morgan fingerprint density at radius 3 is 2.80 bits per heavy atom. The highest BCUT2D eigenvalue weighted by molar-refractivity contribution is 7.26. The lowest BCUT2D eigenvalue weighted by molar-refractivity contribution is 1.28. The molecule has 0 saturated heterocycles. The topological polar surface area (TPSA) is 4.41 Å². The van der Waals surface area contributed by atoms with Crippen LogP contribution in [0, 0.1) is 0 Å². The first-order valence-electron chi connectivity index (χ1n) is 6.59. The lowest BCUT2D eigenvalue weighted by Crippen LogP contribution is -1.90. The first-order valence-corrected chi connectivity index (χ1v) is 7.40. The van der Waals surface area contributed by atoms with Gasteiger partial charge in [-0.1, -0.05) is 36.9 Å². The van der Waals surface area contributed by atoms with Crippen molar-refractivity contribution >= 4 is 62.6 Å². The van der Waals surface area contributed by atoms with Gasteiger partial charge in [0.1, 0.15) is 12.7 Å². The minimum atomic E-state index is 0.859. The molecule has 3 heteroatoms. The second kappa shape index (κ2) is 4.00. The van der Waals surface area contributed by atoms with Crippen LogP contribution < -0.4 is 4.78 Å². The van der Waals surface area contributed by atoms with Crippen molar-refractivity contribution in [2.24, 2.45) is 0 Å². The maximum Gasteiger partial charge on any atom is 0.128 e. The maximum atomic E-state index is 6.00. The van der Waals surface area contributed by atoms with Gasteiger partial charge >= 0.3 is 0 Å². The monoisotopic (exact) mass is 273 g/mol. The van der Waals surface area contributed by atoms with Crippen molar-refractivity contribution in [3.05, 3.63) is 48.2 Å². The fourth-order valence-electron chi connectivity index (χ4n) is 3.10. The van der Waals surface area contributed by atoms with Crippen LogP contribution in [0.5, 0.6) is 0 Å².